The molecule has 0 aromatic heterocycles. The molecule has 0 bridgehead atoms. The SMILES string of the molecule is C[C@@H](C(=O)Nc1ccc(F)c(Cl)c1)[NH+]1CCCCC1. The van der Waals surface area contributed by atoms with Gasteiger partial charge in [-0.15, -0.1) is 0 Å². The Hall–Kier alpha value is -1.13. The molecule has 1 atom stereocenters. The number of halogens is 2. The van der Waals surface area contributed by atoms with Gasteiger partial charge in [-0.1, -0.05) is 11.6 Å². The van der Waals surface area contributed by atoms with Gasteiger partial charge in [-0.25, -0.2) is 4.39 Å². The summed E-state index contributed by atoms with van der Waals surface area (Å²) in [6.07, 6.45) is 3.61. The summed E-state index contributed by atoms with van der Waals surface area (Å²) in [4.78, 5) is 13.5. The standard InChI is InChI=1S/C14H18ClFN2O/c1-10(18-7-3-2-4-8-18)14(19)17-11-5-6-13(16)12(15)9-11/h5-6,9-10H,2-4,7-8H2,1H3,(H,17,19)/p+1/t10-/m0/s1. The maximum absolute atomic E-state index is 13.0. The van der Waals surface area contributed by atoms with Crippen LogP contribution in [-0.2, 0) is 4.79 Å². The lowest BCUT2D eigenvalue weighted by Gasteiger charge is -2.28. The highest BCUT2D eigenvalue weighted by Gasteiger charge is 2.26. The van der Waals surface area contributed by atoms with Crippen molar-refractivity contribution in [1.29, 1.82) is 0 Å². The van der Waals surface area contributed by atoms with Crippen LogP contribution in [0.1, 0.15) is 26.2 Å². The molecule has 1 aromatic carbocycles. The zero-order valence-electron chi connectivity index (χ0n) is 11.0. The number of rotatable bonds is 3. The van der Waals surface area contributed by atoms with Crippen LogP contribution in [0.4, 0.5) is 10.1 Å². The van der Waals surface area contributed by atoms with Gasteiger partial charge in [0.1, 0.15) is 5.82 Å². The Labute approximate surface area is 117 Å². The fourth-order valence-corrected chi connectivity index (χ4v) is 2.63. The van der Waals surface area contributed by atoms with Gasteiger partial charge in [-0.2, -0.15) is 0 Å². The van der Waals surface area contributed by atoms with Gasteiger partial charge in [-0.3, -0.25) is 4.79 Å². The van der Waals surface area contributed by atoms with Crippen LogP contribution in [0.25, 0.3) is 0 Å². The number of amides is 1. The maximum Gasteiger partial charge on any atom is 0.282 e. The predicted molar refractivity (Wildman–Crippen MR) is 74.0 cm³/mol. The Morgan fingerprint density at radius 2 is 2.05 bits per heavy atom. The topological polar surface area (TPSA) is 33.5 Å². The fraction of sp³-hybridized carbons (Fsp3) is 0.500. The van der Waals surface area contributed by atoms with E-state index in [1.807, 2.05) is 6.92 Å². The molecule has 0 aliphatic carbocycles. The van der Waals surface area contributed by atoms with E-state index in [0.717, 1.165) is 13.1 Å². The highest BCUT2D eigenvalue weighted by Crippen LogP contribution is 2.19. The Balaban J connectivity index is 1.97. The van der Waals surface area contributed by atoms with Crippen LogP contribution in [0.3, 0.4) is 0 Å². The van der Waals surface area contributed by atoms with Crippen molar-refractivity contribution in [3.8, 4) is 0 Å². The minimum atomic E-state index is -0.477. The number of hydrogen-bond donors (Lipinski definition) is 2. The molecule has 19 heavy (non-hydrogen) atoms. The maximum atomic E-state index is 13.0. The van der Waals surface area contributed by atoms with Crippen molar-refractivity contribution in [2.75, 3.05) is 18.4 Å². The molecular formula is C14H19ClFN2O+. The Bertz CT molecular complexity index is 461. The van der Waals surface area contributed by atoms with Gasteiger partial charge < -0.3 is 10.2 Å². The number of anilines is 1. The molecule has 1 fully saturated rings. The minimum absolute atomic E-state index is 0.0239. The lowest BCUT2D eigenvalue weighted by atomic mass is 10.1. The van der Waals surface area contributed by atoms with E-state index >= 15 is 0 Å². The molecule has 3 nitrogen and oxygen atoms in total. The molecule has 1 amide bonds. The zero-order chi connectivity index (χ0) is 13.8. The predicted octanol–water partition coefficient (Wildman–Crippen LogP) is 1.87. The molecule has 2 N–H and O–H groups in total. The van der Waals surface area contributed by atoms with E-state index in [-0.39, 0.29) is 17.0 Å². The van der Waals surface area contributed by atoms with Crippen LogP contribution in [0, 0.1) is 5.82 Å². The Morgan fingerprint density at radius 1 is 1.37 bits per heavy atom. The van der Waals surface area contributed by atoms with Gasteiger partial charge in [0.2, 0.25) is 0 Å². The van der Waals surface area contributed by atoms with Crippen molar-refractivity contribution in [3.63, 3.8) is 0 Å². The molecule has 1 aromatic rings. The smallest absolute Gasteiger partial charge is 0.282 e. The lowest BCUT2D eigenvalue weighted by molar-refractivity contribution is -0.918. The molecule has 0 radical (unpaired) electrons. The molecule has 1 saturated heterocycles. The van der Waals surface area contributed by atoms with Crippen molar-refractivity contribution in [2.45, 2.75) is 32.2 Å². The number of piperidine rings is 1. The van der Waals surface area contributed by atoms with Crippen molar-refractivity contribution in [3.05, 3.63) is 29.0 Å². The minimum Gasteiger partial charge on any atom is -0.325 e. The Kier molecular flexibility index (Phi) is 4.77. The van der Waals surface area contributed by atoms with E-state index in [1.54, 1.807) is 0 Å². The Morgan fingerprint density at radius 3 is 2.68 bits per heavy atom. The van der Waals surface area contributed by atoms with E-state index < -0.39 is 5.82 Å². The summed E-state index contributed by atoms with van der Waals surface area (Å²) >= 11 is 5.69. The number of likely N-dealkylation sites (tertiary alicyclic amines) is 1. The molecule has 104 valence electrons. The first-order valence-electron chi connectivity index (χ1n) is 6.68. The highest BCUT2D eigenvalue weighted by molar-refractivity contribution is 6.31. The summed E-state index contributed by atoms with van der Waals surface area (Å²) < 4.78 is 13.0. The van der Waals surface area contributed by atoms with E-state index in [4.69, 9.17) is 11.6 Å². The largest absolute Gasteiger partial charge is 0.325 e. The zero-order valence-corrected chi connectivity index (χ0v) is 11.8. The number of quaternary nitrogens is 1. The van der Waals surface area contributed by atoms with E-state index in [9.17, 15) is 9.18 Å². The molecule has 1 heterocycles. The molecular weight excluding hydrogens is 267 g/mol. The third kappa shape index (κ3) is 3.67. The lowest BCUT2D eigenvalue weighted by Crippen LogP contribution is -3.17. The van der Waals surface area contributed by atoms with Gasteiger partial charge >= 0.3 is 0 Å². The average molecular weight is 286 g/mol. The first-order chi connectivity index (χ1) is 9.08. The summed E-state index contributed by atoms with van der Waals surface area (Å²) in [6.45, 7) is 4.01. The molecule has 5 heteroatoms. The van der Waals surface area contributed by atoms with Crippen LogP contribution in [-0.4, -0.2) is 25.0 Å². The second-order valence-corrected chi connectivity index (χ2v) is 5.47. The van der Waals surface area contributed by atoms with Crippen LogP contribution in [0.2, 0.25) is 5.02 Å². The van der Waals surface area contributed by atoms with Gasteiger partial charge in [0.25, 0.3) is 5.91 Å². The summed E-state index contributed by atoms with van der Waals surface area (Å²) in [6, 6.07) is 4.13. The number of hydrogen-bond acceptors (Lipinski definition) is 1. The van der Waals surface area contributed by atoms with Gasteiger partial charge in [0.15, 0.2) is 6.04 Å². The van der Waals surface area contributed by atoms with Gasteiger partial charge in [0, 0.05) is 5.69 Å². The summed E-state index contributed by atoms with van der Waals surface area (Å²) in [7, 11) is 0. The second-order valence-electron chi connectivity index (χ2n) is 5.06. The van der Waals surface area contributed by atoms with E-state index in [0.29, 0.717) is 5.69 Å². The van der Waals surface area contributed by atoms with Crippen molar-refractivity contribution in [2.24, 2.45) is 0 Å². The first kappa shape index (κ1) is 14.3. The number of carbonyl (C=O) groups is 1. The number of benzene rings is 1. The summed E-state index contributed by atoms with van der Waals surface area (Å²) in [5.41, 5.74) is 0.541. The molecule has 2 rings (SSSR count). The third-order valence-electron chi connectivity index (χ3n) is 3.69. The van der Waals surface area contributed by atoms with E-state index in [1.165, 1.54) is 42.4 Å². The van der Waals surface area contributed by atoms with E-state index in [2.05, 4.69) is 5.32 Å². The van der Waals surface area contributed by atoms with Gasteiger partial charge in [-0.05, 0) is 44.4 Å². The first-order valence-corrected chi connectivity index (χ1v) is 7.06. The number of nitrogens with one attached hydrogen (secondary N) is 2. The monoisotopic (exact) mass is 285 g/mol. The fourth-order valence-electron chi connectivity index (χ4n) is 2.45. The van der Waals surface area contributed by atoms with Crippen LogP contribution in [0.5, 0.6) is 0 Å². The molecule has 1 aliphatic heterocycles. The van der Waals surface area contributed by atoms with Crippen molar-refractivity contribution < 1.29 is 14.1 Å². The number of carbonyl (C=O) groups excluding carboxylic acids is 1. The highest BCUT2D eigenvalue weighted by atomic mass is 35.5. The normalized spacial score (nSPS) is 18.1. The van der Waals surface area contributed by atoms with Crippen LogP contribution >= 0.6 is 11.6 Å². The average Bonchev–Trinajstić information content (AvgIpc) is 2.43. The summed E-state index contributed by atoms with van der Waals surface area (Å²) in [5, 5.41) is 2.82. The van der Waals surface area contributed by atoms with Gasteiger partial charge in [0.05, 0.1) is 18.1 Å². The molecule has 0 unspecified atom stereocenters. The molecule has 0 spiro atoms. The molecule has 0 saturated carbocycles. The van der Waals surface area contributed by atoms with Crippen molar-refractivity contribution >= 4 is 23.2 Å². The third-order valence-corrected chi connectivity index (χ3v) is 3.98. The quantitative estimate of drug-likeness (QED) is 0.873. The van der Waals surface area contributed by atoms with Crippen LogP contribution < -0.4 is 10.2 Å². The second kappa shape index (κ2) is 6.35. The molecule has 1 aliphatic rings. The summed E-state index contributed by atoms with van der Waals surface area (Å²) in [5.74, 6) is -0.519. The van der Waals surface area contributed by atoms with Crippen molar-refractivity contribution in [1.82, 2.24) is 0 Å². The van der Waals surface area contributed by atoms with Crippen LogP contribution in [0.15, 0.2) is 18.2 Å².